The van der Waals surface area contributed by atoms with E-state index in [4.69, 9.17) is 9.47 Å². The Labute approximate surface area is 160 Å². The van der Waals surface area contributed by atoms with Gasteiger partial charge in [0, 0.05) is 10.0 Å². The lowest BCUT2D eigenvalue weighted by molar-refractivity contribution is -0.130. The average molecular weight is 503 g/mol. The number of hydrogen-bond acceptors (Lipinski definition) is 5. The average Bonchev–Trinajstić information content (AvgIpc) is 2.58. The Balaban J connectivity index is 1.64. The zero-order chi connectivity index (χ0) is 17.1. The zero-order valence-electron chi connectivity index (χ0n) is 12.2. The molecule has 8 heteroatoms. The number of carbonyl (C=O) groups excluding carboxylic acids is 1. The molecule has 0 radical (unpaired) electrons. The van der Waals surface area contributed by atoms with Crippen molar-refractivity contribution in [3.63, 3.8) is 0 Å². The molecule has 0 saturated heterocycles. The molecule has 0 aliphatic carbocycles. The summed E-state index contributed by atoms with van der Waals surface area (Å²) in [6.45, 7) is 0.110. The Morgan fingerprint density at radius 3 is 2.92 bits per heavy atom. The number of aromatic hydroxyl groups is 1. The van der Waals surface area contributed by atoms with Crippen LogP contribution in [0.1, 0.15) is 5.56 Å². The minimum absolute atomic E-state index is 0.1000. The highest BCUT2D eigenvalue weighted by atomic mass is 127. The van der Waals surface area contributed by atoms with Crippen LogP contribution < -0.4 is 14.9 Å². The lowest BCUT2D eigenvalue weighted by Gasteiger charge is -2.24. The van der Waals surface area contributed by atoms with Crippen LogP contribution in [0.15, 0.2) is 46.0 Å². The lowest BCUT2D eigenvalue weighted by Crippen LogP contribution is -2.42. The van der Waals surface area contributed by atoms with Crippen LogP contribution in [0.2, 0.25) is 0 Å². The predicted molar refractivity (Wildman–Crippen MR) is 101 cm³/mol. The molecule has 1 heterocycles. The van der Waals surface area contributed by atoms with Gasteiger partial charge in [-0.1, -0.05) is 28.1 Å². The van der Waals surface area contributed by atoms with Crippen LogP contribution in [0.25, 0.3) is 0 Å². The van der Waals surface area contributed by atoms with E-state index in [2.05, 4.69) is 26.5 Å². The second-order valence-electron chi connectivity index (χ2n) is 4.92. The van der Waals surface area contributed by atoms with Crippen LogP contribution in [0, 0.1) is 3.57 Å². The molecule has 6 nitrogen and oxygen atoms in total. The van der Waals surface area contributed by atoms with Crippen molar-refractivity contribution >= 4 is 50.6 Å². The summed E-state index contributed by atoms with van der Waals surface area (Å²) >= 11 is 5.36. The maximum absolute atomic E-state index is 12.1. The summed E-state index contributed by atoms with van der Waals surface area (Å²) in [7, 11) is 0. The van der Waals surface area contributed by atoms with Gasteiger partial charge in [-0.15, -0.1) is 0 Å². The third kappa shape index (κ3) is 3.81. The number of phenols is 1. The molecular weight excluding hydrogens is 491 g/mol. The highest BCUT2D eigenvalue weighted by Crippen LogP contribution is 2.31. The molecule has 2 aromatic carbocycles. The van der Waals surface area contributed by atoms with E-state index >= 15 is 0 Å². The van der Waals surface area contributed by atoms with E-state index < -0.39 is 12.0 Å². The van der Waals surface area contributed by atoms with Crippen molar-refractivity contribution in [3.05, 3.63) is 50.0 Å². The third-order valence-electron chi connectivity index (χ3n) is 3.24. The second kappa shape index (κ2) is 7.39. The molecule has 1 aliphatic heterocycles. The van der Waals surface area contributed by atoms with E-state index in [1.165, 1.54) is 6.21 Å². The van der Waals surface area contributed by atoms with Gasteiger partial charge in [-0.05, 0) is 46.9 Å². The predicted octanol–water partition coefficient (Wildman–Crippen LogP) is 3.05. The molecule has 0 bridgehead atoms. The molecule has 3 rings (SSSR count). The fourth-order valence-electron chi connectivity index (χ4n) is 2.07. The summed E-state index contributed by atoms with van der Waals surface area (Å²) < 4.78 is 12.6. The molecule has 1 amide bonds. The van der Waals surface area contributed by atoms with Crippen LogP contribution in [0.3, 0.4) is 0 Å². The molecule has 124 valence electrons. The van der Waals surface area contributed by atoms with Gasteiger partial charge < -0.3 is 14.6 Å². The molecule has 0 aromatic heterocycles. The number of ether oxygens (including phenoxy) is 2. The van der Waals surface area contributed by atoms with E-state index in [1.807, 2.05) is 28.7 Å². The first-order valence-electron chi connectivity index (χ1n) is 6.94. The van der Waals surface area contributed by atoms with Gasteiger partial charge in [-0.2, -0.15) is 5.10 Å². The number of nitrogens with one attached hydrogen (secondary N) is 1. The molecule has 0 saturated carbocycles. The van der Waals surface area contributed by atoms with Gasteiger partial charge >= 0.3 is 0 Å². The van der Waals surface area contributed by atoms with E-state index in [0.717, 1.165) is 4.47 Å². The van der Waals surface area contributed by atoms with Gasteiger partial charge in [0.2, 0.25) is 6.10 Å². The summed E-state index contributed by atoms with van der Waals surface area (Å²) in [6, 6.07) is 10.6. The summed E-state index contributed by atoms with van der Waals surface area (Å²) in [5.41, 5.74) is 2.88. The topological polar surface area (TPSA) is 80.2 Å². The molecule has 0 fully saturated rings. The zero-order valence-corrected chi connectivity index (χ0v) is 15.9. The van der Waals surface area contributed by atoms with E-state index in [9.17, 15) is 9.90 Å². The van der Waals surface area contributed by atoms with Crippen molar-refractivity contribution < 1.29 is 19.4 Å². The van der Waals surface area contributed by atoms with Crippen molar-refractivity contribution in [2.24, 2.45) is 5.10 Å². The van der Waals surface area contributed by atoms with Crippen LogP contribution in [-0.2, 0) is 4.79 Å². The number of hydrogen-bond donors (Lipinski definition) is 2. The Bertz CT molecular complexity index is 813. The number of hydrazone groups is 1. The minimum atomic E-state index is -0.784. The molecule has 0 spiro atoms. The van der Waals surface area contributed by atoms with Gasteiger partial charge in [-0.3, -0.25) is 4.79 Å². The maximum atomic E-state index is 12.1. The number of amides is 1. The highest BCUT2D eigenvalue weighted by Gasteiger charge is 2.27. The summed E-state index contributed by atoms with van der Waals surface area (Å²) in [4.78, 5) is 12.1. The Hall–Kier alpha value is -1.81. The van der Waals surface area contributed by atoms with Gasteiger partial charge in [0.05, 0.1) is 9.78 Å². The first-order chi connectivity index (χ1) is 11.5. The van der Waals surface area contributed by atoms with E-state index in [1.54, 1.807) is 30.3 Å². The van der Waals surface area contributed by atoms with Gasteiger partial charge in [0.1, 0.15) is 12.4 Å². The SMILES string of the molecule is O=C(NN=Cc1cc(Br)cc(I)c1O)C1COc2ccccc2O1. The van der Waals surface area contributed by atoms with E-state index in [-0.39, 0.29) is 12.4 Å². The van der Waals surface area contributed by atoms with Gasteiger partial charge in [0.25, 0.3) is 5.91 Å². The molecule has 2 N–H and O–H groups in total. The number of phenolic OH excluding ortho intramolecular Hbond substituents is 1. The maximum Gasteiger partial charge on any atom is 0.284 e. The molecule has 1 unspecified atom stereocenters. The molecule has 2 aromatic rings. The van der Waals surface area contributed by atoms with Crippen LogP contribution in [-0.4, -0.2) is 29.9 Å². The minimum Gasteiger partial charge on any atom is -0.506 e. The summed E-state index contributed by atoms with van der Waals surface area (Å²) in [5.74, 6) is 0.804. The largest absolute Gasteiger partial charge is 0.506 e. The van der Waals surface area contributed by atoms with Crippen molar-refractivity contribution in [1.82, 2.24) is 5.43 Å². The number of benzene rings is 2. The Morgan fingerprint density at radius 1 is 1.38 bits per heavy atom. The van der Waals surface area contributed by atoms with Crippen molar-refractivity contribution in [1.29, 1.82) is 0 Å². The molecular formula is C16H12BrIN2O4. The first-order valence-corrected chi connectivity index (χ1v) is 8.81. The fraction of sp³-hybridized carbons (Fsp3) is 0.125. The van der Waals surface area contributed by atoms with Gasteiger partial charge in [-0.25, -0.2) is 5.43 Å². The smallest absolute Gasteiger partial charge is 0.284 e. The second-order valence-corrected chi connectivity index (χ2v) is 7.00. The monoisotopic (exact) mass is 502 g/mol. The highest BCUT2D eigenvalue weighted by molar-refractivity contribution is 14.1. The Morgan fingerprint density at radius 2 is 2.12 bits per heavy atom. The number of halogens is 2. The van der Waals surface area contributed by atoms with E-state index in [0.29, 0.717) is 20.6 Å². The third-order valence-corrected chi connectivity index (χ3v) is 4.52. The number of carbonyl (C=O) groups is 1. The van der Waals surface area contributed by atoms with Crippen LogP contribution in [0.4, 0.5) is 0 Å². The molecule has 1 aliphatic rings. The Kier molecular flexibility index (Phi) is 5.24. The van der Waals surface area contributed by atoms with Crippen molar-refractivity contribution in [3.8, 4) is 17.2 Å². The number of rotatable bonds is 3. The fourth-order valence-corrected chi connectivity index (χ4v) is 3.62. The normalized spacial score (nSPS) is 16.2. The number of nitrogens with zero attached hydrogens (tertiary/aromatic N) is 1. The number of fused-ring (bicyclic) bond motifs is 1. The number of para-hydroxylation sites is 2. The standard InChI is InChI=1S/C16H12BrIN2O4/c17-10-5-9(15(21)11(18)6-10)7-19-20-16(22)14-8-23-12-3-1-2-4-13(12)24-14/h1-7,14,21H,8H2,(H,20,22). The summed E-state index contributed by atoms with van der Waals surface area (Å²) in [6.07, 6.45) is 0.589. The van der Waals surface area contributed by atoms with Gasteiger partial charge in [0.15, 0.2) is 11.5 Å². The summed E-state index contributed by atoms with van der Waals surface area (Å²) in [5, 5.41) is 13.8. The van der Waals surface area contributed by atoms with Crippen molar-refractivity contribution in [2.45, 2.75) is 6.10 Å². The molecule has 24 heavy (non-hydrogen) atoms. The molecule has 1 atom stereocenters. The lowest BCUT2D eigenvalue weighted by atomic mass is 10.2. The quantitative estimate of drug-likeness (QED) is 0.384. The van der Waals surface area contributed by atoms with Crippen LogP contribution >= 0.6 is 38.5 Å². The van der Waals surface area contributed by atoms with Crippen LogP contribution in [0.5, 0.6) is 17.2 Å². The first kappa shape index (κ1) is 17.0. The van der Waals surface area contributed by atoms with Crippen molar-refractivity contribution in [2.75, 3.05) is 6.61 Å².